The number of oxazole rings is 1. The Morgan fingerprint density at radius 1 is 1.45 bits per heavy atom. The largest absolute Gasteiger partial charge is 0.441 e. The summed E-state index contributed by atoms with van der Waals surface area (Å²) in [6, 6.07) is 1.83. The van der Waals surface area contributed by atoms with E-state index in [9.17, 15) is 0 Å². The maximum absolute atomic E-state index is 5.15. The average molecular weight is 166 g/mol. The van der Waals surface area contributed by atoms with Crippen molar-refractivity contribution in [3.8, 4) is 0 Å². The summed E-state index contributed by atoms with van der Waals surface area (Å²) in [6.45, 7) is 0. The number of fused-ring (bicyclic) bond motifs is 1. The van der Waals surface area contributed by atoms with Gasteiger partial charge < -0.3 is 4.42 Å². The van der Waals surface area contributed by atoms with Gasteiger partial charge in [-0.3, -0.25) is 0 Å². The Morgan fingerprint density at radius 2 is 2.36 bits per heavy atom. The lowest BCUT2D eigenvalue weighted by atomic mass is 10.4. The first-order valence-corrected chi connectivity index (χ1v) is 4.36. The van der Waals surface area contributed by atoms with Crippen molar-refractivity contribution in [3.63, 3.8) is 0 Å². The van der Waals surface area contributed by atoms with Crippen LogP contribution in [0.3, 0.4) is 0 Å². The molecule has 2 aromatic heterocycles. The molecular weight excluding hydrogens is 160 g/mol. The van der Waals surface area contributed by atoms with Crippen molar-refractivity contribution in [2.45, 2.75) is 5.03 Å². The molecule has 0 N–H and O–H groups in total. The number of aromatic nitrogens is 2. The number of hydrogen-bond donors (Lipinski definition) is 0. The van der Waals surface area contributed by atoms with Crippen LogP contribution in [0.5, 0.6) is 0 Å². The predicted molar refractivity (Wildman–Crippen MR) is 43.6 cm³/mol. The third kappa shape index (κ3) is 0.991. The van der Waals surface area contributed by atoms with Crippen LogP contribution in [-0.2, 0) is 0 Å². The van der Waals surface area contributed by atoms with Crippen molar-refractivity contribution < 1.29 is 4.42 Å². The summed E-state index contributed by atoms with van der Waals surface area (Å²) in [6.07, 6.45) is 5.13. The smallest absolute Gasteiger partial charge is 0.186 e. The van der Waals surface area contributed by atoms with Crippen LogP contribution in [0, 0.1) is 0 Å². The Morgan fingerprint density at radius 3 is 3.18 bits per heavy atom. The maximum atomic E-state index is 5.15. The van der Waals surface area contributed by atoms with Gasteiger partial charge in [-0.25, -0.2) is 9.97 Å². The summed E-state index contributed by atoms with van der Waals surface area (Å²) in [7, 11) is 0. The number of hydrogen-bond acceptors (Lipinski definition) is 4. The van der Waals surface area contributed by atoms with E-state index in [1.165, 1.54) is 6.39 Å². The van der Waals surface area contributed by atoms with Crippen LogP contribution in [-0.4, -0.2) is 16.2 Å². The van der Waals surface area contributed by atoms with Gasteiger partial charge in [0.15, 0.2) is 12.0 Å². The fraction of sp³-hybridized carbons (Fsp3) is 0.143. The molecule has 0 radical (unpaired) electrons. The van der Waals surface area contributed by atoms with Gasteiger partial charge in [0.05, 0.1) is 0 Å². The lowest BCUT2D eigenvalue weighted by Crippen LogP contribution is -1.77. The van der Waals surface area contributed by atoms with E-state index in [2.05, 4.69) is 9.97 Å². The van der Waals surface area contributed by atoms with E-state index in [0.29, 0.717) is 0 Å². The molecular formula is C7H6N2OS. The molecule has 2 heterocycles. The number of thioether (sulfide) groups is 1. The molecule has 0 unspecified atom stereocenters. The fourth-order valence-corrected chi connectivity index (χ4v) is 1.42. The quantitative estimate of drug-likeness (QED) is 0.607. The minimum absolute atomic E-state index is 0.778. The van der Waals surface area contributed by atoms with Crippen molar-refractivity contribution >= 4 is 22.9 Å². The highest BCUT2D eigenvalue weighted by Crippen LogP contribution is 2.22. The highest BCUT2D eigenvalue weighted by Gasteiger charge is 2.03. The van der Waals surface area contributed by atoms with Gasteiger partial charge in [-0.05, 0) is 12.3 Å². The molecule has 0 amide bonds. The number of nitrogens with zero attached hydrogens (tertiary/aromatic N) is 2. The van der Waals surface area contributed by atoms with E-state index in [0.717, 1.165) is 16.1 Å². The second kappa shape index (κ2) is 2.54. The number of rotatable bonds is 1. The number of pyridine rings is 1. The van der Waals surface area contributed by atoms with Crippen LogP contribution in [0.15, 0.2) is 28.1 Å². The minimum Gasteiger partial charge on any atom is -0.441 e. The van der Waals surface area contributed by atoms with Crippen molar-refractivity contribution in [3.05, 3.63) is 18.7 Å². The molecule has 0 atom stereocenters. The SMILES string of the molecule is CSc1nccc2ncoc12. The normalized spacial score (nSPS) is 10.6. The van der Waals surface area contributed by atoms with Gasteiger partial charge in [-0.2, -0.15) is 0 Å². The standard InChI is InChI=1S/C7H6N2OS/c1-11-7-6-5(2-3-8-7)9-4-10-6/h2-4H,1H3. The molecule has 0 saturated carbocycles. The Bertz CT molecular complexity index is 371. The predicted octanol–water partition coefficient (Wildman–Crippen LogP) is 1.94. The average Bonchev–Trinajstić information content (AvgIpc) is 2.50. The molecule has 0 aliphatic heterocycles. The lowest BCUT2D eigenvalue weighted by Gasteiger charge is -1.92. The molecule has 0 aromatic carbocycles. The molecule has 0 spiro atoms. The molecule has 0 aliphatic rings. The molecule has 0 saturated heterocycles. The molecule has 56 valence electrons. The van der Waals surface area contributed by atoms with Crippen LogP contribution in [0.2, 0.25) is 0 Å². The monoisotopic (exact) mass is 166 g/mol. The molecule has 0 fully saturated rings. The summed E-state index contributed by atoms with van der Waals surface area (Å²) in [5.74, 6) is 0. The summed E-state index contributed by atoms with van der Waals surface area (Å²) < 4.78 is 5.15. The van der Waals surface area contributed by atoms with Crippen LogP contribution in [0.4, 0.5) is 0 Å². The highest BCUT2D eigenvalue weighted by molar-refractivity contribution is 7.98. The molecule has 2 aromatic rings. The van der Waals surface area contributed by atoms with Crippen LogP contribution in [0.25, 0.3) is 11.1 Å². The Labute approximate surface area is 67.8 Å². The molecule has 2 rings (SSSR count). The first-order chi connectivity index (χ1) is 5.42. The third-order valence-corrected chi connectivity index (χ3v) is 2.08. The van der Waals surface area contributed by atoms with Gasteiger partial charge in [0.1, 0.15) is 10.5 Å². The second-order valence-corrected chi connectivity index (χ2v) is 2.82. The third-order valence-electron chi connectivity index (χ3n) is 1.41. The van der Waals surface area contributed by atoms with E-state index < -0.39 is 0 Å². The first kappa shape index (κ1) is 6.67. The summed E-state index contributed by atoms with van der Waals surface area (Å²) in [5, 5.41) is 0.889. The van der Waals surface area contributed by atoms with Crippen molar-refractivity contribution in [2.75, 3.05) is 6.26 Å². The van der Waals surface area contributed by atoms with E-state index >= 15 is 0 Å². The van der Waals surface area contributed by atoms with Gasteiger partial charge in [0.25, 0.3) is 0 Å². The zero-order valence-corrected chi connectivity index (χ0v) is 6.76. The molecule has 4 heteroatoms. The van der Waals surface area contributed by atoms with Crippen molar-refractivity contribution in [1.82, 2.24) is 9.97 Å². The maximum Gasteiger partial charge on any atom is 0.186 e. The van der Waals surface area contributed by atoms with Crippen LogP contribution in [0.1, 0.15) is 0 Å². The van der Waals surface area contributed by atoms with Crippen LogP contribution >= 0.6 is 11.8 Å². The van der Waals surface area contributed by atoms with Gasteiger partial charge >= 0.3 is 0 Å². The topological polar surface area (TPSA) is 38.9 Å². The van der Waals surface area contributed by atoms with Gasteiger partial charge in [-0.1, -0.05) is 0 Å². The zero-order chi connectivity index (χ0) is 7.68. The fourth-order valence-electron chi connectivity index (χ4n) is 0.913. The van der Waals surface area contributed by atoms with E-state index in [1.54, 1.807) is 18.0 Å². The van der Waals surface area contributed by atoms with Gasteiger partial charge in [-0.15, -0.1) is 11.8 Å². The zero-order valence-electron chi connectivity index (χ0n) is 5.94. The van der Waals surface area contributed by atoms with Crippen molar-refractivity contribution in [2.24, 2.45) is 0 Å². The van der Waals surface area contributed by atoms with Crippen LogP contribution < -0.4 is 0 Å². The molecule has 0 aliphatic carbocycles. The van der Waals surface area contributed by atoms with Crippen molar-refractivity contribution in [1.29, 1.82) is 0 Å². The molecule has 3 nitrogen and oxygen atoms in total. The molecule has 11 heavy (non-hydrogen) atoms. The molecule has 0 bridgehead atoms. The summed E-state index contributed by atoms with van der Waals surface area (Å²) in [5.41, 5.74) is 1.64. The Balaban J connectivity index is 2.79. The summed E-state index contributed by atoms with van der Waals surface area (Å²) >= 11 is 1.56. The highest BCUT2D eigenvalue weighted by atomic mass is 32.2. The Hall–Kier alpha value is -1.03. The van der Waals surface area contributed by atoms with Gasteiger partial charge in [0.2, 0.25) is 0 Å². The van der Waals surface area contributed by atoms with E-state index in [4.69, 9.17) is 4.42 Å². The van der Waals surface area contributed by atoms with E-state index in [-0.39, 0.29) is 0 Å². The second-order valence-electron chi connectivity index (χ2n) is 2.02. The van der Waals surface area contributed by atoms with E-state index in [1.807, 2.05) is 12.3 Å². The Kier molecular flexibility index (Phi) is 1.54. The van der Waals surface area contributed by atoms with Gasteiger partial charge in [0, 0.05) is 6.20 Å². The minimum atomic E-state index is 0.778. The first-order valence-electron chi connectivity index (χ1n) is 3.14. The summed E-state index contributed by atoms with van der Waals surface area (Å²) in [4.78, 5) is 8.13. The lowest BCUT2D eigenvalue weighted by molar-refractivity contribution is 0.592.